The van der Waals surface area contributed by atoms with Crippen LogP contribution < -0.4 is 0 Å². The summed E-state index contributed by atoms with van der Waals surface area (Å²) in [7, 11) is 0. The lowest BCUT2D eigenvalue weighted by Gasteiger charge is -2.48. The summed E-state index contributed by atoms with van der Waals surface area (Å²) >= 11 is 0. The highest BCUT2D eigenvalue weighted by molar-refractivity contribution is 5.15. The Morgan fingerprint density at radius 3 is 1.29 bits per heavy atom. The third-order valence-corrected chi connectivity index (χ3v) is 5.76. The zero-order valence-electron chi connectivity index (χ0n) is 20.1. The summed E-state index contributed by atoms with van der Waals surface area (Å²) in [5, 5.41) is 11.4. The van der Waals surface area contributed by atoms with Gasteiger partial charge in [0.25, 0.3) is 0 Å². The van der Waals surface area contributed by atoms with Gasteiger partial charge in [0.15, 0.2) is 0 Å². The number of benzene rings is 2. The van der Waals surface area contributed by atoms with Gasteiger partial charge >= 0.3 is 0 Å². The summed E-state index contributed by atoms with van der Waals surface area (Å²) < 4.78 is 31.0. The summed E-state index contributed by atoms with van der Waals surface area (Å²) in [6.07, 6.45) is 0.606. The molecule has 2 aromatic rings. The Labute approximate surface area is 208 Å². The number of aliphatic hydroxyl groups excluding tert-OH is 1. The molecule has 188 valence electrons. The summed E-state index contributed by atoms with van der Waals surface area (Å²) in [5.74, 6) is 0. The summed E-state index contributed by atoms with van der Waals surface area (Å²) in [6.45, 7) is 12.7. The van der Waals surface area contributed by atoms with Crippen LogP contribution in [0.25, 0.3) is 0 Å². The third kappa shape index (κ3) is 7.70. The minimum atomic E-state index is -1.03. The van der Waals surface area contributed by atoms with Gasteiger partial charge in [-0.25, -0.2) is 0 Å². The molecule has 0 bridgehead atoms. The van der Waals surface area contributed by atoms with E-state index in [2.05, 4.69) is 19.7 Å². The number of ether oxygens (including phenoxy) is 5. The van der Waals surface area contributed by atoms with E-state index in [1.807, 2.05) is 60.7 Å². The maximum absolute atomic E-state index is 11.4. The van der Waals surface area contributed by atoms with Crippen LogP contribution in [-0.2, 0) is 36.9 Å². The van der Waals surface area contributed by atoms with Crippen LogP contribution in [0.1, 0.15) is 11.1 Å². The minimum Gasteiger partial charge on any atom is -0.387 e. The van der Waals surface area contributed by atoms with Gasteiger partial charge in [0.2, 0.25) is 0 Å². The maximum Gasteiger partial charge on any atom is 0.116 e. The molecular formula is C29H36O6. The van der Waals surface area contributed by atoms with Crippen LogP contribution in [0, 0.1) is 0 Å². The Morgan fingerprint density at radius 1 is 0.543 bits per heavy atom. The summed E-state index contributed by atoms with van der Waals surface area (Å²) in [5.41, 5.74) is 2.01. The van der Waals surface area contributed by atoms with Crippen molar-refractivity contribution in [3.05, 3.63) is 110 Å². The van der Waals surface area contributed by atoms with Crippen molar-refractivity contribution in [3.8, 4) is 0 Å². The molecule has 3 rings (SSSR count). The van der Waals surface area contributed by atoms with E-state index in [1.54, 1.807) is 18.2 Å². The van der Waals surface area contributed by atoms with E-state index < -0.39 is 36.6 Å². The van der Waals surface area contributed by atoms with E-state index in [0.717, 1.165) is 11.1 Å². The first kappa shape index (κ1) is 27.0. The molecule has 0 heterocycles. The van der Waals surface area contributed by atoms with Crippen LogP contribution >= 0.6 is 0 Å². The molecule has 2 aromatic carbocycles. The Bertz CT molecular complexity index is 887. The average Bonchev–Trinajstić information content (AvgIpc) is 2.90. The van der Waals surface area contributed by atoms with E-state index in [9.17, 15) is 5.11 Å². The number of rotatable bonds is 15. The number of hydrogen-bond donors (Lipinski definition) is 1. The Balaban J connectivity index is 1.93. The van der Waals surface area contributed by atoms with Gasteiger partial charge in [0, 0.05) is 0 Å². The fourth-order valence-electron chi connectivity index (χ4n) is 4.16. The molecule has 6 atom stereocenters. The third-order valence-electron chi connectivity index (χ3n) is 5.76. The van der Waals surface area contributed by atoms with Gasteiger partial charge < -0.3 is 28.8 Å². The highest BCUT2D eigenvalue weighted by Gasteiger charge is 2.53. The first-order valence-corrected chi connectivity index (χ1v) is 11.9. The molecule has 0 aliphatic heterocycles. The lowest BCUT2D eigenvalue weighted by Crippen LogP contribution is -2.67. The van der Waals surface area contributed by atoms with E-state index in [4.69, 9.17) is 23.7 Å². The molecule has 1 aliphatic rings. The maximum atomic E-state index is 11.4. The van der Waals surface area contributed by atoms with Crippen molar-refractivity contribution in [1.82, 2.24) is 0 Å². The Kier molecular flexibility index (Phi) is 11.4. The largest absolute Gasteiger partial charge is 0.387 e. The molecule has 1 N–H and O–H groups in total. The first-order valence-electron chi connectivity index (χ1n) is 11.9. The molecule has 0 saturated heterocycles. The first-order chi connectivity index (χ1) is 17.2. The number of aliphatic hydroxyl groups is 1. The highest BCUT2D eigenvalue weighted by Crippen LogP contribution is 2.33. The van der Waals surface area contributed by atoms with Crippen LogP contribution in [0.5, 0.6) is 0 Å². The highest BCUT2D eigenvalue weighted by atomic mass is 16.6. The number of hydrogen-bond acceptors (Lipinski definition) is 6. The van der Waals surface area contributed by atoms with E-state index in [-0.39, 0.29) is 19.8 Å². The van der Waals surface area contributed by atoms with Crippen LogP contribution in [0.15, 0.2) is 98.6 Å². The molecule has 6 nitrogen and oxygen atoms in total. The second kappa shape index (κ2) is 14.7. The summed E-state index contributed by atoms with van der Waals surface area (Å²) in [4.78, 5) is 0. The van der Waals surface area contributed by atoms with Gasteiger partial charge in [0.1, 0.15) is 36.6 Å². The van der Waals surface area contributed by atoms with Crippen LogP contribution in [-0.4, -0.2) is 61.6 Å². The van der Waals surface area contributed by atoms with Gasteiger partial charge in [-0.15, -0.1) is 19.7 Å². The molecule has 6 heteroatoms. The summed E-state index contributed by atoms with van der Waals surface area (Å²) in [6, 6.07) is 19.7. The zero-order valence-corrected chi connectivity index (χ0v) is 20.1. The standard InChI is InChI=1S/C29H36O6/c1-4-17-31-25-24(30)26(32-18-5-2)28(34-20-22-13-9-7-10-14-22)29(27(25)33-19-6-3)35-21-23-15-11-8-12-16-23/h4-16,24-30H,1-3,17-21H2/t24-,25+,26+,27+,28-,29+/m0/s1. The monoisotopic (exact) mass is 480 g/mol. The fraction of sp³-hybridized carbons (Fsp3) is 0.379. The van der Waals surface area contributed by atoms with Crippen LogP contribution in [0.4, 0.5) is 0 Å². The molecule has 0 aromatic heterocycles. The predicted molar refractivity (Wildman–Crippen MR) is 136 cm³/mol. The van der Waals surface area contributed by atoms with Gasteiger partial charge in [-0.2, -0.15) is 0 Å². The molecule has 0 spiro atoms. The van der Waals surface area contributed by atoms with E-state index in [0.29, 0.717) is 13.2 Å². The fourth-order valence-corrected chi connectivity index (χ4v) is 4.16. The van der Waals surface area contributed by atoms with E-state index >= 15 is 0 Å². The van der Waals surface area contributed by atoms with Gasteiger partial charge in [-0.05, 0) is 11.1 Å². The van der Waals surface area contributed by atoms with Crippen molar-refractivity contribution >= 4 is 0 Å². The van der Waals surface area contributed by atoms with Crippen molar-refractivity contribution in [3.63, 3.8) is 0 Å². The van der Waals surface area contributed by atoms with Gasteiger partial charge in [-0.3, -0.25) is 0 Å². The second-order valence-electron chi connectivity index (χ2n) is 8.27. The topological polar surface area (TPSA) is 66.4 Å². The molecular weight excluding hydrogens is 444 g/mol. The smallest absolute Gasteiger partial charge is 0.116 e. The van der Waals surface area contributed by atoms with Crippen molar-refractivity contribution < 1.29 is 28.8 Å². The molecule has 35 heavy (non-hydrogen) atoms. The van der Waals surface area contributed by atoms with Crippen molar-refractivity contribution in [1.29, 1.82) is 0 Å². The predicted octanol–water partition coefficient (Wildman–Crippen LogP) is 4.25. The average molecular weight is 481 g/mol. The lowest BCUT2D eigenvalue weighted by atomic mass is 9.83. The molecule has 0 radical (unpaired) electrons. The van der Waals surface area contributed by atoms with Crippen molar-refractivity contribution in [2.75, 3.05) is 19.8 Å². The molecule has 1 aliphatic carbocycles. The van der Waals surface area contributed by atoms with Crippen LogP contribution in [0.2, 0.25) is 0 Å². The normalized spacial score (nSPS) is 26.2. The van der Waals surface area contributed by atoms with Crippen molar-refractivity contribution in [2.45, 2.75) is 49.8 Å². The van der Waals surface area contributed by atoms with Crippen molar-refractivity contribution in [2.24, 2.45) is 0 Å². The molecule has 1 saturated carbocycles. The van der Waals surface area contributed by atoms with E-state index in [1.165, 1.54) is 0 Å². The van der Waals surface area contributed by atoms with Crippen LogP contribution in [0.3, 0.4) is 0 Å². The molecule has 0 amide bonds. The Morgan fingerprint density at radius 2 is 0.886 bits per heavy atom. The molecule has 0 unspecified atom stereocenters. The SMILES string of the molecule is C=CCO[C@H]1[C@@H](OCc2ccccc2)[C@@H](OCc2ccccc2)[C@H](OCC=C)[C@@H](O)[C@H]1OCC=C. The zero-order chi connectivity index (χ0) is 24.9. The quantitative estimate of drug-likeness (QED) is 0.385. The van der Waals surface area contributed by atoms with Gasteiger partial charge in [-0.1, -0.05) is 78.9 Å². The Hall–Kier alpha value is -2.58. The lowest BCUT2D eigenvalue weighted by molar-refractivity contribution is -0.273. The minimum absolute atomic E-state index is 0.241. The van der Waals surface area contributed by atoms with Gasteiger partial charge in [0.05, 0.1) is 33.0 Å². The second-order valence-corrected chi connectivity index (χ2v) is 8.27. The molecule has 1 fully saturated rings.